The molecule has 1 aromatic carbocycles. The number of aliphatic hydroxyl groups is 1. The van der Waals surface area contributed by atoms with Crippen LogP contribution in [0, 0.1) is 0 Å². The van der Waals surface area contributed by atoms with Gasteiger partial charge in [-0.25, -0.2) is 0 Å². The van der Waals surface area contributed by atoms with Crippen LogP contribution in [0.5, 0.6) is 0 Å². The predicted molar refractivity (Wildman–Crippen MR) is 73.5 cm³/mol. The molecule has 1 aromatic heterocycles. The first-order chi connectivity index (χ1) is 7.98. The van der Waals surface area contributed by atoms with Gasteiger partial charge in [-0.15, -0.1) is 11.3 Å². The summed E-state index contributed by atoms with van der Waals surface area (Å²) in [6.07, 6.45) is -0.496. The van der Waals surface area contributed by atoms with E-state index in [1.54, 1.807) is 11.3 Å². The molecule has 0 aliphatic carbocycles. The van der Waals surface area contributed by atoms with E-state index in [1.165, 1.54) is 5.56 Å². The molecule has 0 saturated heterocycles. The van der Waals surface area contributed by atoms with Gasteiger partial charge in [-0.3, -0.25) is 0 Å². The lowest BCUT2D eigenvalue weighted by atomic mass is 9.86. The topological polar surface area (TPSA) is 20.2 Å². The average molecular weight is 246 g/mol. The van der Waals surface area contributed by atoms with Gasteiger partial charge < -0.3 is 5.11 Å². The first kappa shape index (κ1) is 12.3. The van der Waals surface area contributed by atoms with Crippen molar-refractivity contribution in [1.82, 2.24) is 0 Å². The van der Waals surface area contributed by atoms with Crippen molar-refractivity contribution in [2.75, 3.05) is 0 Å². The Kier molecular flexibility index (Phi) is 3.36. The van der Waals surface area contributed by atoms with Gasteiger partial charge in [0.1, 0.15) is 6.10 Å². The molecule has 0 unspecified atom stereocenters. The average Bonchev–Trinajstić information content (AvgIpc) is 2.80. The van der Waals surface area contributed by atoms with Crippen LogP contribution in [-0.4, -0.2) is 5.11 Å². The molecule has 0 amide bonds. The van der Waals surface area contributed by atoms with Gasteiger partial charge in [0.25, 0.3) is 0 Å². The molecule has 0 bridgehead atoms. The zero-order valence-corrected chi connectivity index (χ0v) is 11.3. The van der Waals surface area contributed by atoms with Gasteiger partial charge in [0, 0.05) is 4.88 Å². The normalized spacial score (nSPS) is 13.6. The Hall–Kier alpha value is -1.12. The third-order valence-corrected chi connectivity index (χ3v) is 3.83. The molecule has 0 aliphatic rings. The summed E-state index contributed by atoms with van der Waals surface area (Å²) in [5.74, 6) is 0. The van der Waals surface area contributed by atoms with Crippen molar-refractivity contribution in [3.8, 4) is 0 Å². The van der Waals surface area contributed by atoms with Crippen molar-refractivity contribution in [1.29, 1.82) is 0 Å². The Morgan fingerprint density at radius 3 is 2.18 bits per heavy atom. The standard InChI is InChI=1S/C15H18OS/c1-15(2,3)12-8-6-11(7-9-12)14(16)13-5-4-10-17-13/h4-10,14,16H,1-3H3/t14-/m1/s1. The van der Waals surface area contributed by atoms with Gasteiger partial charge in [0.15, 0.2) is 0 Å². The van der Waals surface area contributed by atoms with Crippen molar-refractivity contribution >= 4 is 11.3 Å². The van der Waals surface area contributed by atoms with E-state index in [-0.39, 0.29) is 5.41 Å². The lowest BCUT2D eigenvalue weighted by molar-refractivity contribution is 0.224. The highest BCUT2D eigenvalue weighted by Gasteiger charge is 2.15. The zero-order valence-electron chi connectivity index (χ0n) is 10.5. The van der Waals surface area contributed by atoms with Gasteiger partial charge in [-0.2, -0.15) is 0 Å². The fourth-order valence-electron chi connectivity index (χ4n) is 1.78. The summed E-state index contributed by atoms with van der Waals surface area (Å²) in [5.41, 5.74) is 2.41. The van der Waals surface area contributed by atoms with Crippen LogP contribution in [0.25, 0.3) is 0 Å². The van der Waals surface area contributed by atoms with E-state index in [4.69, 9.17) is 0 Å². The maximum Gasteiger partial charge on any atom is 0.113 e. The molecule has 0 aliphatic heterocycles. The molecular formula is C15H18OS. The van der Waals surface area contributed by atoms with E-state index in [0.29, 0.717) is 0 Å². The Balaban J connectivity index is 2.24. The minimum Gasteiger partial charge on any atom is -0.383 e. The molecule has 17 heavy (non-hydrogen) atoms. The first-order valence-electron chi connectivity index (χ1n) is 5.80. The van der Waals surface area contributed by atoms with Gasteiger partial charge in [0.05, 0.1) is 0 Å². The van der Waals surface area contributed by atoms with E-state index < -0.39 is 6.10 Å². The molecule has 1 nitrogen and oxygen atoms in total. The molecule has 0 spiro atoms. The zero-order chi connectivity index (χ0) is 12.5. The van der Waals surface area contributed by atoms with E-state index in [1.807, 2.05) is 29.6 Å². The minimum atomic E-state index is -0.496. The van der Waals surface area contributed by atoms with Crippen LogP contribution in [0.2, 0.25) is 0 Å². The van der Waals surface area contributed by atoms with Gasteiger partial charge in [0.2, 0.25) is 0 Å². The van der Waals surface area contributed by atoms with E-state index in [2.05, 4.69) is 32.9 Å². The molecule has 2 aromatic rings. The molecule has 1 heterocycles. The summed E-state index contributed by atoms with van der Waals surface area (Å²) in [4.78, 5) is 0.994. The highest BCUT2D eigenvalue weighted by atomic mass is 32.1. The number of hydrogen-bond acceptors (Lipinski definition) is 2. The maximum absolute atomic E-state index is 10.2. The van der Waals surface area contributed by atoms with Crippen LogP contribution in [0.3, 0.4) is 0 Å². The molecule has 1 atom stereocenters. The summed E-state index contributed by atoms with van der Waals surface area (Å²) < 4.78 is 0. The number of rotatable bonds is 2. The second kappa shape index (κ2) is 4.63. The highest BCUT2D eigenvalue weighted by Crippen LogP contribution is 2.28. The third kappa shape index (κ3) is 2.76. The summed E-state index contributed by atoms with van der Waals surface area (Å²) >= 11 is 1.59. The predicted octanol–water partition coefficient (Wildman–Crippen LogP) is 4.13. The lowest BCUT2D eigenvalue weighted by Gasteiger charge is -2.19. The monoisotopic (exact) mass is 246 g/mol. The molecule has 2 rings (SSSR count). The summed E-state index contributed by atoms with van der Waals surface area (Å²) in [6, 6.07) is 12.2. The number of benzene rings is 1. The number of hydrogen-bond donors (Lipinski definition) is 1. The fourth-order valence-corrected chi connectivity index (χ4v) is 2.51. The summed E-state index contributed by atoms with van der Waals surface area (Å²) in [5, 5.41) is 12.2. The molecule has 0 radical (unpaired) electrons. The number of aliphatic hydroxyl groups excluding tert-OH is 1. The minimum absolute atomic E-state index is 0.159. The molecular weight excluding hydrogens is 228 g/mol. The van der Waals surface area contributed by atoms with Gasteiger partial charge in [-0.1, -0.05) is 51.1 Å². The van der Waals surface area contributed by atoms with Crippen LogP contribution < -0.4 is 0 Å². The Morgan fingerprint density at radius 2 is 1.71 bits per heavy atom. The first-order valence-corrected chi connectivity index (χ1v) is 6.68. The smallest absolute Gasteiger partial charge is 0.113 e. The van der Waals surface area contributed by atoms with Crippen LogP contribution in [0.15, 0.2) is 41.8 Å². The Morgan fingerprint density at radius 1 is 1.06 bits per heavy atom. The van der Waals surface area contributed by atoms with Crippen molar-refractivity contribution < 1.29 is 5.11 Å². The lowest BCUT2D eigenvalue weighted by Crippen LogP contribution is -2.11. The third-order valence-electron chi connectivity index (χ3n) is 2.91. The molecule has 0 fully saturated rings. The molecule has 90 valence electrons. The van der Waals surface area contributed by atoms with Crippen molar-refractivity contribution in [2.45, 2.75) is 32.3 Å². The van der Waals surface area contributed by atoms with Crippen LogP contribution in [-0.2, 0) is 5.41 Å². The quantitative estimate of drug-likeness (QED) is 0.845. The summed E-state index contributed by atoms with van der Waals surface area (Å²) in [7, 11) is 0. The van der Waals surface area contributed by atoms with E-state index >= 15 is 0 Å². The Bertz CT molecular complexity index is 463. The largest absolute Gasteiger partial charge is 0.383 e. The van der Waals surface area contributed by atoms with Crippen LogP contribution in [0.1, 0.15) is 42.9 Å². The molecule has 1 N–H and O–H groups in total. The Labute approximate surface area is 107 Å². The molecule has 2 heteroatoms. The van der Waals surface area contributed by atoms with Crippen LogP contribution >= 0.6 is 11.3 Å². The molecule has 0 saturated carbocycles. The van der Waals surface area contributed by atoms with E-state index in [9.17, 15) is 5.11 Å². The van der Waals surface area contributed by atoms with Gasteiger partial charge >= 0.3 is 0 Å². The van der Waals surface area contributed by atoms with Crippen molar-refractivity contribution in [3.63, 3.8) is 0 Å². The summed E-state index contributed by atoms with van der Waals surface area (Å²) in [6.45, 7) is 6.58. The number of thiophene rings is 1. The second-order valence-corrected chi connectivity index (χ2v) is 6.27. The maximum atomic E-state index is 10.2. The van der Waals surface area contributed by atoms with Crippen molar-refractivity contribution in [2.24, 2.45) is 0 Å². The second-order valence-electron chi connectivity index (χ2n) is 5.29. The fraction of sp³-hybridized carbons (Fsp3) is 0.333. The highest BCUT2D eigenvalue weighted by molar-refractivity contribution is 7.10. The van der Waals surface area contributed by atoms with Crippen molar-refractivity contribution in [3.05, 3.63) is 57.8 Å². The van der Waals surface area contributed by atoms with Crippen LogP contribution in [0.4, 0.5) is 0 Å². The van der Waals surface area contributed by atoms with Gasteiger partial charge in [-0.05, 0) is 28.0 Å². The SMILES string of the molecule is CC(C)(C)c1ccc([C@@H](O)c2cccs2)cc1. The van der Waals surface area contributed by atoms with E-state index in [0.717, 1.165) is 10.4 Å².